The number of aromatic amines is 1. The van der Waals surface area contributed by atoms with Gasteiger partial charge >= 0.3 is 0 Å². The second-order valence-corrected chi connectivity index (χ2v) is 6.62. The number of nitrogens with one attached hydrogen (secondary N) is 2. The second kappa shape index (κ2) is 6.20. The predicted molar refractivity (Wildman–Crippen MR) is 87.6 cm³/mol. The van der Waals surface area contributed by atoms with E-state index in [0.29, 0.717) is 12.0 Å². The number of H-pyrrole nitrogens is 1. The maximum atomic E-state index is 9.88. The number of aryl methyl sites for hydroxylation is 1. The van der Waals surface area contributed by atoms with Gasteiger partial charge in [-0.2, -0.15) is 0 Å². The van der Waals surface area contributed by atoms with E-state index in [-0.39, 0.29) is 6.10 Å². The molecular weight excluding hydrogens is 260 g/mol. The van der Waals surface area contributed by atoms with E-state index in [2.05, 4.69) is 48.4 Å². The van der Waals surface area contributed by atoms with E-state index in [4.69, 9.17) is 0 Å². The van der Waals surface area contributed by atoms with Crippen molar-refractivity contribution in [1.29, 1.82) is 0 Å². The fourth-order valence-electron chi connectivity index (χ4n) is 3.31. The topological polar surface area (TPSA) is 48.0 Å². The van der Waals surface area contributed by atoms with Crippen LogP contribution in [0.5, 0.6) is 0 Å². The van der Waals surface area contributed by atoms with E-state index < -0.39 is 0 Å². The third kappa shape index (κ3) is 3.14. The molecule has 0 fully saturated rings. The first-order chi connectivity index (χ1) is 10.1. The molecule has 0 bridgehead atoms. The molecule has 1 aromatic carbocycles. The van der Waals surface area contributed by atoms with Crippen molar-refractivity contribution >= 4 is 10.9 Å². The van der Waals surface area contributed by atoms with Gasteiger partial charge in [0, 0.05) is 22.6 Å². The SMILES string of the molecule is CC(C)C(O)CCNC1CCc2[nH]c3ccccc3c2C1. The van der Waals surface area contributed by atoms with Crippen LogP contribution in [-0.4, -0.2) is 28.8 Å². The molecule has 3 nitrogen and oxygen atoms in total. The van der Waals surface area contributed by atoms with Crippen molar-refractivity contribution in [2.24, 2.45) is 5.92 Å². The Bertz CT molecular complexity index is 602. The number of aliphatic hydroxyl groups excluding tert-OH is 1. The molecule has 1 aliphatic carbocycles. The molecule has 0 saturated carbocycles. The van der Waals surface area contributed by atoms with Gasteiger partial charge in [0.1, 0.15) is 0 Å². The minimum absolute atomic E-state index is 0.190. The van der Waals surface area contributed by atoms with Gasteiger partial charge in [-0.1, -0.05) is 32.0 Å². The van der Waals surface area contributed by atoms with Crippen LogP contribution in [0.3, 0.4) is 0 Å². The van der Waals surface area contributed by atoms with Crippen molar-refractivity contribution < 1.29 is 5.11 Å². The fourth-order valence-corrected chi connectivity index (χ4v) is 3.31. The zero-order valence-corrected chi connectivity index (χ0v) is 13.0. The second-order valence-electron chi connectivity index (χ2n) is 6.62. The molecule has 0 aliphatic heterocycles. The number of rotatable bonds is 5. The number of aromatic nitrogens is 1. The lowest BCUT2D eigenvalue weighted by Crippen LogP contribution is -2.36. The van der Waals surface area contributed by atoms with Crippen molar-refractivity contribution in [1.82, 2.24) is 10.3 Å². The Morgan fingerprint density at radius 1 is 1.33 bits per heavy atom. The Morgan fingerprint density at radius 2 is 2.14 bits per heavy atom. The molecule has 0 amide bonds. The molecule has 2 aromatic rings. The van der Waals surface area contributed by atoms with E-state index in [1.54, 1.807) is 0 Å². The maximum absolute atomic E-state index is 9.88. The highest BCUT2D eigenvalue weighted by Gasteiger charge is 2.22. The quantitative estimate of drug-likeness (QED) is 0.791. The van der Waals surface area contributed by atoms with Gasteiger partial charge in [-0.15, -0.1) is 0 Å². The molecule has 3 rings (SSSR count). The largest absolute Gasteiger partial charge is 0.393 e. The van der Waals surface area contributed by atoms with Crippen LogP contribution in [0.4, 0.5) is 0 Å². The molecule has 114 valence electrons. The van der Waals surface area contributed by atoms with Gasteiger partial charge in [0.15, 0.2) is 0 Å². The van der Waals surface area contributed by atoms with Crippen molar-refractivity contribution in [2.45, 2.75) is 51.7 Å². The average molecular weight is 286 g/mol. The summed E-state index contributed by atoms with van der Waals surface area (Å²) in [5.41, 5.74) is 4.16. The Labute approximate surface area is 126 Å². The van der Waals surface area contributed by atoms with Gasteiger partial charge in [-0.25, -0.2) is 0 Å². The summed E-state index contributed by atoms with van der Waals surface area (Å²) in [6.45, 7) is 5.05. The predicted octanol–water partition coefficient (Wildman–Crippen LogP) is 3.02. The minimum atomic E-state index is -0.190. The standard InChI is InChI=1S/C18H26N2O/c1-12(2)18(21)9-10-19-13-7-8-17-15(11-13)14-5-3-4-6-16(14)20-17/h3-6,12-13,18-21H,7-11H2,1-2H3. The van der Waals surface area contributed by atoms with Crippen LogP contribution in [0, 0.1) is 5.92 Å². The molecule has 3 N–H and O–H groups in total. The van der Waals surface area contributed by atoms with Crippen LogP contribution in [0.15, 0.2) is 24.3 Å². The normalized spacial score (nSPS) is 19.9. The van der Waals surface area contributed by atoms with Gasteiger partial charge in [0.2, 0.25) is 0 Å². The van der Waals surface area contributed by atoms with Gasteiger partial charge < -0.3 is 15.4 Å². The lowest BCUT2D eigenvalue weighted by Gasteiger charge is -2.24. The van der Waals surface area contributed by atoms with Crippen molar-refractivity contribution in [3.8, 4) is 0 Å². The lowest BCUT2D eigenvalue weighted by molar-refractivity contribution is 0.115. The third-order valence-electron chi connectivity index (χ3n) is 4.74. The van der Waals surface area contributed by atoms with Crippen LogP contribution in [0.25, 0.3) is 10.9 Å². The van der Waals surface area contributed by atoms with E-state index in [0.717, 1.165) is 25.8 Å². The Kier molecular flexibility index (Phi) is 4.32. The van der Waals surface area contributed by atoms with E-state index in [1.807, 2.05) is 0 Å². The molecular formula is C18H26N2O. The van der Waals surface area contributed by atoms with Gasteiger partial charge in [0.25, 0.3) is 0 Å². The number of hydrogen-bond acceptors (Lipinski definition) is 2. The highest BCUT2D eigenvalue weighted by atomic mass is 16.3. The summed E-state index contributed by atoms with van der Waals surface area (Å²) in [5, 5.41) is 14.9. The number of fused-ring (bicyclic) bond motifs is 3. The number of para-hydroxylation sites is 1. The zero-order valence-electron chi connectivity index (χ0n) is 13.0. The van der Waals surface area contributed by atoms with Crippen LogP contribution >= 0.6 is 0 Å². The summed E-state index contributed by atoms with van der Waals surface area (Å²) in [4.78, 5) is 3.56. The van der Waals surface area contributed by atoms with Crippen LogP contribution in [0.2, 0.25) is 0 Å². The Hall–Kier alpha value is -1.32. The lowest BCUT2D eigenvalue weighted by atomic mass is 9.91. The summed E-state index contributed by atoms with van der Waals surface area (Å²) in [6.07, 6.45) is 4.04. The molecule has 1 aliphatic rings. The highest BCUT2D eigenvalue weighted by molar-refractivity contribution is 5.84. The van der Waals surface area contributed by atoms with Crippen LogP contribution in [-0.2, 0) is 12.8 Å². The van der Waals surface area contributed by atoms with Crippen molar-refractivity contribution in [3.05, 3.63) is 35.5 Å². The molecule has 2 unspecified atom stereocenters. The number of hydrogen-bond donors (Lipinski definition) is 3. The Balaban J connectivity index is 1.62. The number of benzene rings is 1. The summed E-state index contributed by atoms with van der Waals surface area (Å²) in [5.74, 6) is 0.346. The summed E-state index contributed by atoms with van der Waals surface area (Å²) >= 11 is 0. The van der Waals surface area contributed by atoms with Gasteiger partial charge in [-0.05, 0) is 49.8 Å². The molecule has 0 saturated heterocycles. The van der Waals surface area contributed by atoms with Crippen LogP contribution < -0.4 is 5.32 Å². The van der Waals surface area contributed by atoms with E-state index in [9.17, 15) is 5.11 Å². The zero-order chi connectivity index (χ0) is 14.8. The molecule has 1 heterocycles. The molecule has 1 aromatic heterocycles. The first-order valence-corrected chi connectivity index (χ1v) is 8.15. The van der Waals surface area contributed by atoms with Gasteiger partial charge in [-0.3, -0.25) is 0 Å². The molecule has 0 spiro atoms. The summed E-state index contributed by atoms with van der Waals surface area (Å²) in [7, 11) is 0. The average Bonchev–Trinajstić information content (AvgIpc) is 2.85. The smallest absolute Gasteiger partial charge is 0.0575 e. The third-order valence-corrected chi connectivity index (χ3v) is 4.74. The summed E-state index contributed by atoms with van der Waals surface area (Å²) in [6, 6.07) is 9.13. The van der Waals surface area contributed by atoms with E-state index in [1.165, 1.54) is 28.6 Å². The molecule has 21 heavy (non-hydrogen) atoms. The van der Waals surface area contributed by atoms with Crippen LogP contribution in [0.1, 0.15) is 37.9 Å². The first kappa shape index (κ1) is 14.6. The van der Waals surface area contributed by atoms with E-state index >= 15 is 0 Å². The maximum Gasteiger partial charge on any atom is 0.0575 e. The van der Waals surface area contributed by atoms with Crippen molar-refractivity contribution in [3.63, 3.8) is 0 Å². The minimum Gasteiger partial charge on any atom is -0.393 e. The fraction of sp³-hybridized carbons (Fsp3) is 0.556. The summed E-state index contributed by atoms with van der Waals surface area (Å²) < 4.78 is 0. The monoisotopic (exact) mass is 286 g/mol. The van der Waals surface area contributed by atoms with Gasteiger partial charge in [0.05, 0.1) is 6.10 Å². The van der Waals surface area contributed by atoms with Crippen molar-refractivity contribution in [2.75, 3.05) is 6.54 Å². The Morgan fingerprint density at radius 3 is 2.95 bits per heavy atom. The molecule has 0 radical (unpaired) electrons. The first-order valence-electron chi connectivity index (χ1n) is 8.15. The molecule has 2 atom stereocenters. The molecule has 3 heteroatoms. The number of aliphatic hydroxyl groups is 1. The highest BCUT2D eigenvalue weighted by Crippen LogP contribution is 2.29.